The summed E-state index contributed by atoms with van der Waals surface area (Å²) in [6.45, 7) is 0.752. The maximum absolute atomic E-state index is 11.6. The zero-order chi connectivity index (χ0) is 13.0. The van der Waals surface area contributed by atoms with Crippen molar-refractivity contribution in [2.75, 3.05) is 24.6 Å². The van der Waals surface area contributed by atoms with Crippen LogP contribution in [0, 0.1) is 0 Å². The molecular formula is C11H14N4OS2. The Bertz CT molecular complexity index is 521. The van der Waals surface area contributed by atoms with E-state index in [2.05, 4.69) is 31.8 Å². The molecule has 0 aliphatic rings. The maximum Gasteiger partial charge on any atom is 0.257 e. The number of rotatable bonds is 5. The summed E-state index contributed by atoms with van der Waals surface area (Å²) < 4.78 is 4.00. The van der Waals surface area contributed by atoms with E-state index in [1.54, 1.807) is 18.4 Å². The molecule has 7 heteroatoms. The highest BCUT2D eigenvalue weighted by molar-refractivity contribution is 7.11. The van der Waals surface area contributed by atoms with Gasteiger partial charge in [-0.1, -0.05) is 0 Å². The highest BCUT2D eigenvalue weighted by Crippen LogP contribution is 2.26. The van der Waals surface area contributed by atoms with Gasteiger partial charge in [0.15, 0.2) is 5.82 Å². The lowest BCUT2D eigenvalue weighted by atomic mass is 10.2. The minimum absolute atomic E-state index is 0.209. The number of nitrogens with two attached hydrogens (primary N) is 1. The molecule has 5 nitrogen and oxygen atoms in total. The van der Waals surface area contributed by atoms with Crippen LogP contribution in [-0.2, 0) is 6.42 Å². The van der Waals surface area contributed by atoms with Crippen LogP contribution < -0.4 is 16.4 Å². The summed E-state index contributed by atoms with van der Waals surface area (Å²) in [4.78, 5) is 11.6. The summed E-state index contributed by atoms with van der Waals surface area (Å²) >= 11 is 2.89. The van der Waals surface area contributed by atoms with Crippen LogP contribution in [0.2, 0.25) is 0 Å². The average molecular weight is 282 g/mol. The third kappa shape index (κ3) is 2.80. The Morgan fingerprint density at radius 1 is 1.56 bits per heavy atom. The fraction of sp³-hybridized carbons (Fsp3) is 0.273. The lowest BCUT2D eigenvalue weighted by molar-refractivity contribution is 0.0965. The van der Waals surface area contributed by atoms with Crippen molar-refractivity contribution in [2.24, 2.45) is 0 Å². The van der Waals surface area contributed by atoms with Gasteiger partial charge in [-0.05, 0) is 40.3 Å². The predicted octanol–water partition coefficient (Wildman–Crippen LogP) is 1.80. The number of carbonyl (C=O) groups excluding carboxylic acids is 1. The van der Waals surface area contributed by atoms with Crippen molar-refractivity contribution < 1.29 is 4.79 Å². The standard InChI is InChI=1S/C11H14N4OS2/c1-13-10(16)8-9(12)15-18-11(8)14-4-2-7-3-5-17-6-7/h3,5-6,14H,2,4H2,1H3,(H2,12,15)(H,13,16). The van der Waals surface area contributed by atoms with Crippen LogP contribution in [0.15, 0.2) is 16.8 Å². The number of anilines is 2. The monoisotopic (exact) mass is 282 g/mol. The van der Waals surface area contributed by atoms with Gasteiger partial charge in [0.2, 0.25) is 0 Å². The van der Waals surface area contributed by atoms with Crippen molar-refractivity contribution >= 4 is 39.6 Å². The molecule has 0 spiro atoms. The largest absolute Gasteiger partial charge is 0.382 e. The molecule has 0 aromatic carbocycles. The summed E-state index contributed by atoms with van der Waals surface area (Å²) in [7, 11) is 1.58. The molecule has 0 aliphatic carbocycles. The van der Waals surface area contributed by atoms with Crippen LogP contribution >= 0.6 is 22.9 Å². The van der Waals surface area contributed by atoms with E-state index in [1.165, 1.54) is 17.1 Å². The maximum atomic E-state index is 11.6. The molecule has 0 unspecified atom stereocenters. The second-order valence-electron chi connectivity index (χ2n) is 3.66. The number of nitrogens with one attached hydrogen (secondary N) is 2. The summed E-state index contributed by atoms with van der Waals surface area (Å²) in [6.07, 6.45) is 0.911. The minimum atomic E-state index is -0.209. The van der Waals surface area contributed by atoms with Crippen molar-refractivity contribution in [1.29, 1.82) is 0 Å². The van der Waals surface area contributed by atoms with Gasteiger partial charge in [0.1, 0.15) is 10.6 Å². The van der Waals surface area contributed by atoms with Crippen LogP contribution in [-0.4, -0.2) is 23.9 Å². The van der Waals surface area contributed by atoms with Crippen LogP contribution in [0.25, 0.3) is 0 Å². The van der Waals surface area contributed by atoms with E-state index in [0.29, 0.717) is 5.56 Å². The molecule has 1 amide bonds. The highest BCUT2D eigenvalue weighted by atomic mass is 32.1. The topological polar surface area (TPSA) is 80.0 Å². The number of nitrogens with zero attached hydrogens (tertiary/aromatic N) is 1. The Labute approximate surface area is 113 Å². The molecule has 2 heterocycles. The van der Waals surface area contributed by atoms with E-state index in [9.17, 15) is 4.79 Å². The first-order chi connectivity index (χ1) is 8.72. The first-order valence-corrected chi connectivity index (χ1v) is 7.16. The molecule has 0 aliphatic heterocycles. The fourth-order valence-electron chi connectivity index (χ4n) is 1.52. The molecule has 0 radical (unpaired) electrons. The molecule has 0 atom stereocenters. The van der Waals surface area contributed by atoms with Gasteiger partial charge in [0.05, 0.1) is 0 Å². The van der Waals surface area contributed by atoms with Gasteiger partial charge in [-0.3, -0.25) is 4.79 Å². The van der Waals surface area contributed by atoms with Crippen molar-refractivity contribution in [2.45, 2.75) is 6.42 Å². The van der Waals surface area contributed by atoms with Gasteiger partial charge in [0, 0.05) is 13.6 Å². The molecule has 18 heavy (non-hydrogen) atoms. The molecule has 0 saturated carbocycles. The molecule has 4 N–H and O–H groups in total. The van der Waals surface area contributed by atoms with Crippen molar-refractivity contribution in [3.63, 3.8) is 0 Å². The number of nitrogen functional groups attached to an aromatic ring is 1. The first-order valence-electron chi connectivity index (χ1n) is 5.44. The lowest BCUT2D eigenvalue weighted by Crippen LogP contribution is -2.20. The van der Waals surface area contributed by atoms with Gasteiger partial charge in [-0.15, -0.1) is 0 Å². The van der Waals surface area contributed by atoms with Crippen molar-refractivity contribution in [3.8, 4) is 0 Å². The molecular weight excluding hydrogens is 268 g/mol. The van der Waals surface area contributed by atoms with Gasteiger partial charge in [-0.2, -0.15) is 15.7 Å². The molecule has 2 aromatic rings. The highest BCUT2D eigenvalue weighted by Gasteiger charge is 2.17. The SMILES string of the molecule is CNC(=O)c1c(N)nsc1NCCc1ccsc1. The predicted molar refractivity (Wildman–Crippen MR) is 76.4 cm³/mol. The molecule has 0 fully saturated rings. The average Bonchev–Trinajstić information content (AvgIpc) is 2.99. The van der Waals surface area contributed by atoms with Gasteiger partial charge in [-0.25, -0.2) is 0 Å². The van der Waals surface area contributed by atoms with Crippen molar-refractivity contribution in [1.82, 2.24) is 9.69 Å². The van der Waals surface area contributed by atoms with Gasteiger partial charge < -0.3 is 16.4 Å². The Kier molecular flexibility index (Phi) is 4.16. The van der Waals surface area contributed by atoms with E-state index in [-0.39, 0.29) is 11.7 Å². The van der Waals surface area contributed by atoms with Crippen LogP contribution in [0.5, 0.6) is 0 Å². The van der Waals surface area contributed by atoms with E-state index in [1.807, 2.05) is 0 Å². The Balaban J connectivity index is 1.99. The summed E-state index contributed by atoms with van der Waals surface area (Å²) in [5.74, 6) is 0.0664. The molecule has 2 rings (SSSR count). The zero-order valence-corrected chi connectivity index (χ0v) is 11.5. The smallest absolute Gasteiger partial charge is 0.257 e. The normalized spacial score (nSPS) is 10.3. The summed E-state index contributed by atoms with van der Waals surface area (Å²) in [6, 6.07) is 2.09. The first kappa shape index (κ1) is 12.8. The van der Waals surface area contributed by atoms with Crippen LogP contribution in [0.1, 0.15) is 15.9 Å². The number of aromatic nitrogens is 1. The molecule has 96 valence electrons. The number of amides is 1. The third-order valence-electron chi connectivity index (χ3n) is 2.45. The van der Waals surface area contributed by atoms with Crippen LogP contribution in [0.4, 0.5) is 10.8 Å². The second-order valence-corrected chi connectivity index (χ2v) is 5.21. The van der Waals surface area contributed by atoms with E-state index in [4.69, 9.17) is 5.73 Å². The summed E-state index contributed by atoms with van der Waals surface area (Å²) in [5, 5.41) is 10.7. The second kappa shape index (κ2) is 5.83. The molecule has 2 aromatic heterocycles. The Morgan fingerprint density at radius 2 is 2.39 bits per heavy atom. The summed E-state index contributed by atoms with van der Waals surface area (Å²) in [5.41, 5.74) is 7.41. The minimum Gasteiger partial charge on any atom is -0.382 e. The number of carbonyl (C=O) groups is 1. The molecule has 0 saturated heterocycles. The Hall–Kier alpha value is -1.60. The van der Waals surface area contributed by atoms with Gasteiger partial charge in [0.25, 0.3) is 5.91 Å². The van der Waals surface area contributed by atoms with Gasteiger partial charge >= 0.3 is 0 Å². The fourth-order valence-corrected chi connectivity index (χ4v) is 2.96. The van der Waals surface area contributed by atoms with Crippen LogP contribution in [0.3, 0.4) is 0 Å². The third-order valence-corrected chi connectivity index (χ3v) is 4.00. The van der Waals surface area contributed by atoms with Crippen molar-refractivity contribution in [3.05, 3.63) is 28.0 Å². The number of hydrogen-bond donors (Lipinski definition) is 3. The quantitative estimate of drug-likeness (QED) is 0.781. The zero-order valence-electron chi connectivity index (χ0n) is 9.90. The van der Waals surface area contributed by atoms with E-state index < -0.39 is 0 Å². The number of hydrogen-bond acceptors (Lipinski definition) is 6. The van der Waals surface area contributed by atoms with E-state index in [0.717, 1.165) is 18.0 Å². The van der Waals surface area contributed by atoms with E-state index >= 15 is 0 Å². The number of thiophene rings is 1. The lowest BCUT2D eigenvalue weighted by Gasteiger charge is -2.05. The molecule has 0 bridgehead atoms. The Morgan fingerprint density at radius 3 is 3.06 bits per heavy atom.